The Morgan fingerprint density at radius 1 is 0.871 bits per heavy atom. The number of carbonyl (C=O) groups is 3. The molecule has 0 rings (SSSR count). The fraction of sp³-hybridized carbons (Fsp3) is 0.870. The fourth-order valence-electron chi connectivity index (χ4n) is 3.11. The number of hydrogen-bond acceptors (Lipinski definition) is 7. The minimum atomic E-state index is -1.13. The predicted octanol–water partition coefficient (Wildman–Crippen LogP) is 2.22. The summed E-state index contributed by atoms with van der Waals surface area (Å²) in [4.78, 5) is 34.9. The maximum atomic E-state index is 12.2. The summed E-state index contributed by atoms with van der Waals surface area (Å²) in [6.45, 7) is 4.00. The van der Waals surface area contributed by atoms with Crippen LogP contribution in [0.1, 0.15) is 78.1 Å². The van der Waals surface area contributed by atoms with Crippen LogP contribution in [-0.4, -0.2) is 75.5 Å². The molecular formula is C23H43NO7. The van der Waals surface area contributed by atoms with Gasteiger partial charge in [0.2, 0.25) is 0 Å². The first kappa shape index (κ1) is 29.3. The van der Waals surface area contributed by atoms with Crippen molar-refractivity contribution in [1.29, 1.82) is 0 Å². The molecule has 0 aliphatic heterocycles. The van der Waals surface area contributed by atoms with E-state index in [2.05, 4.69) is 6.92 Å². The maximum Gasteiger partial charge on any atom is 0.306 e. The van der Waals surface area contributed by atoms with Crippen molar-refractivity contribution >= 4 is 17.9 Å². The predicted molar refractivity (Wildman–Crippen MR) is 116 cm³/mol. The summed E-state index contributed by atoms with van der Waals surface area (Å²) in [7, 11) is 5.33. The number of nitrogens with zero attached hydrogens (tertiary/aromatic N) is 1. The van der Waals surface area contributed by atoms with Crippen molar-refractivity contribution in [2.45, 2.75) is 90.2 Å². The van der Waals surface area contributed by atoms with Crippen LogP contribution in [0.25, 0.3) is 0 Å². The minimum absolute atomic E-state index is 0.0384. The number of esters is 2. The summed E-state index contributed by atoms with van der Waals surface area (Å²) < 4.78 is 16.3. The molecule has 0 aromatic heterocycles. The number of aliphatic carboxylic acids is 1. The Kier molecular flexibility index (Phi) is 16.0. The summed E-state index contributed by atoms with van der Waals surface area (Å²) in [5, 5.41) is 11.3. The molecule has 2 unspecified atom stereocenters. The lowest BCUT2D eigenvalue weighted by Crippen LogP contribution is -2.55. The van der Waals surface area contributed by atoms with Crippen LogP contribution in [0, 0.1) is 0 Å². The number of likely N-dealkylation sites (N-methyl/N-ethyl adjacent to an activating group) is 1. The van der Waals surface area contributed by atoms with Gasteiger partial charge in [-0.1, -0.05) is 52.4 Å². The Bertz CT molecular complexity index is 517. The topological polar surface area (TPSA) is 102 Å². The second-order valence-corrected chi connectivity index (χ2v) is 8.83. The summed E-state index contributed by atoms with van der Waals surface area (Å²) in [5.41, 5.74) is 0. The van der Waals surface area contributed by atoms with Gasteiger partial charge in [-0.2, -0.15) is 0 Å². The first-order valence-corrected chi connectivity index (χ1v) is 11.6. The summed E-state index contributed by atoms with van der Waals surface area (Å²) in [5.74, 6) is -1.85. The monoisotopic (exact) mass is 445 g/mol. The number of ether oxygens (including phenoxy) is 3. The largest absolute Gasteiger partial charge is 0.544 e. The van der Waals surface area contributed by atoms with E-state index in [9.17, 15) is 19.5 Å². The van der Waals surface area contributed by atoms with Gasteiger partial charge in [0, 0.05) is 19.3 Å². The van der Waals surface area contributed by atoms with E-state index in [4.69, 9.17) is 14.2 Å². The lowest BCUT2D eigenvalue weighted by Gasteiger charge is -2.34. The molecular weight excluding hydrogens is 402 g/mol. The molecule has 0 N–H and O–H groups in total. The molecule has 2 atom stereocenters. The van der Waals surface area contributed by atoms with Gasteiger partial charge in [-0.25, -0.2) is 0 Å². The number of carbonyl (C=O) groups excluding carboxylic acids is 3. The SMILES string of the molecule is CCCCCCCCCC(=O)OC(COCCC(C(=O)[O-])[N+](C)(C)C)COC(=O)CC. The van der Waals surface area contributed by atoms with Crippen molar-refractivity contribution in [3.63, 3.8) is 0 Å². The second kappa shape index (κ2) is 17.0. The van der Waals surface area contributed by atoms with Crippen LogP contribution in [0.3, 0.4) is 0 Å². The number of carboxylic acids is 1. The van der Waals surface area contributed by atoms with Crippen LogP contribution in [0.2, 0.25) is 0 Å². The van der Waals surface area contributed by atoms with E-state index in [-0.39, 0.29) is 49.1 Å². The normalized spacial score (nSPS) is 13.5. The van der Waals surface area contributed by atoms with Crippen LogP contribution < -0.4 is 5.11 Å². The van der Waals surface area contributed by atoms with E-state index in [0.717, 1.165) is 19.3 Å². The zero-order valence-corrected chi connectivity index (χ0v) is 20.2. The molecule has 0 aromatic rings. The van der Waals surface area contributed by atoms with Gasteiger partial charge in [-0.15, -0.1) is 0 Å². The lowest BCUT2D eigenvalue weighted by atomic mass is 10.1. The summed E-state index contributed by atoms with van der Waals surface area (Å²) in [6.07, 6.45) is 7.85. The first-order chi connectivity index (χ1) is 14.6. The molecule has 8 nitrogen and oxygen atoms in total. The fourth-order valence-corrected chi connectivity index (χ4v) is 3.11. The zero-order chi connectivity index (χ0) is 23.7. The third-order valence-corrected chi connectivity index (χ3v) is 5.05. The molecule has 0 aliphatic carbocycles. The Labute approximate surface area is 187 Å². The Balaban J connectivity index is 4.40. The summed E-state index contributed by atoms with van der Waals surface area (Å²) >= 11 is 0. The van der Waals surface area contributed by atoms with Crippen LogP contribution >= 0.6 is 0 Å². The van der Waals surface area contributed by atoms with E-state index in [1.54, 1.807) is 28.1 Å². The number of unbranched alkanes of at least 4 members (excludes halogenated alkanes) is 6. The maximum absolute atomic E-state index is 12.2. The molecule has 8 heteroatoms. The van der Waals surface area contributed by atoms with Gasteiger partial charge in [0.1, 0.15) is 12.6 Å². The van der Waals surface area contributed by atoms with Crippen molar-refractivity contribution in [3.05, 3.63) is 0 Å². The highest BCUT2D eigenvalue weighted by Crippen LogP contribution is 2.11. The molecule has 0 aliphatic rings. The van der Waals surface area contributed by atoms with Crippen LogP contribution in [0.15, 0.2) is 0 Å². The van der Waals surface area contributed by atoms with Crippen molar-refractivity contribution in [2.75, 3.05) is 41.0 Å². The number of hydrogen-bond donors (Lipinski definition) is 0. The molecule has 0 spiro atoms. The van der Waals surface area contributed by atoms with Crippen molar-refractivity contribution in [3.8, 4) is 0 Å². The van der Waals surface area contributed by atoms with Crippen molar-refractivity contribution < 1.29 is 38.2 Å². The van der Waals surface area contributed by atoms with E-state index in [0.29, 0.717) is 6.42 Å². The van der Waals surface area contributed by atoms with Gasteiger partial charge >= 0.3 is 11.9 Å². The van der Waals surface area contributed by atoms with E-state index in [1.165, 1.54) is 25.7 Å². The highest BCUT2D eigenvalue weighted by Gasteiger charge is 2.25. The Morgan fingerprint density at radius 3 is 2.03 bits per heavy atom. The molecule has 31 heavy (non-hydrogen) atoms. The van der Waals surface area contributed by atoms with Gasteiger partial charge in [0.05, 0.1) is 40.3 Å². The number of rotatable bonds is 19. The third-order valence-electron chi connectivity index (χ3n) is 5.05. The molecule has 0 saturated heterocycles. The quantitative estimate of drug-likeness (QED) is 0.171. The van der Waals surface area contributed by atoms with Gasteiger partial charge in [-0.05, 0) is 6.42 Å². The number of carboxylic acid groups (broad SMARTS) is 1. The van der Waals surface area contributed by atoms with Gasteiger partial charge in [-0.3, -0.25) is 9.59 Å². The Hall–Kier alpha value is -1.67. The van der Waals surface area contributed by atoms with Crippen LogP contribution in [0.5, 0.6) is 0 Å². The van der Waals surface area contributed by atoms with Crippen molar-refractivity contribution in [2.24, 2.45) is 0 Å². The van der Waals surface area contributed by atoms with Gasteiger partial charge < -0.3 is 28.6 Å². The second-order valence-electron chi connectivity index (χ2n) is 8.83. The van der Waals surface area contributed by atoms with Gasteiger partial charge in [0.25, 0.3) is 0 Å². The lowest BCUT2D eigenvalue weighted by molar-refractivity contribution is -0.889. The first-order valence-electron chi connectivity index (χ1n) is 11.6. The van der Waals surface area contributed by atoms with Crippen molar-refractivity contribution in [1.82, 2.24) is 0 Å². The molecule has 0 radical (unpaired) electrons. The third kappa shape index (κ3) is 15.7. The van der Waals surface area contributed by atoms with Crippen LogP contribution in [0.4, 0.5) is 0 Å². The standard InChI is InChI=1S/C23H43NO7/c1-6-8-9-10-11-12-13-14-22(26)31-19(18-30-21(25)7-2)17-29-16-15-20(23(27)28)24(3,4)5/h19-20H,6-18H2,1-5H3. The molecule has 0 heterocycles. The van der Waals surface area contributed by atoms with Gasteiger partial charge in [0.15, 0.2) is 6.10 Å². The van der Waals surface area contributed by atoms with E-state index < -0.39 is 18.1 Å². The summed E-state index contributed by atoms with van der Waals surface area (Å²) in [6, 6.07) is -0.712. The van der Waals surface area contributed by atoms with E-state index in [1.807, 2.05) is 0 Å². The highest BCUT2D eigenvalue weighted by atomic mass is 16.6. The molecule has 0 bridgehead atoms. The molecule has 0 amide bonds. The number of quaternary nitrogens is 1. The average molecular weight is 446 g/mol. The van der Waals surface area contributed by atoms with Crippen LogP contribution in [-0.2, 0) is 28.6 Å². The molecule has 0 saturated carbocycles. The van der Waals surface area contributed by atoms with E-state index >= 15 is 0 Å². The molecule has 0 fully saturated rings. The smallest absolute Gasteiger partial charge is 0.306 e. The highest BCUT2D eigenvalue weighted by molar-refractivity contribution is 5.70. The Morgan fingerprint density at radius 2 is 1.48 bits per heavy atom. The molecule has 182 valence electrons. The molecule has 0 aromatic carbocycles. The zero-order valence-electron chi connectivity index (χ0n) is 20.2. The minimum Gasteiger partial charge on any atom is -0.544 e. The average Bonchev–Trinajstić information content (AvgIpc) is 2.69.